The normalized spacial score (nSPS) is 9.00. The van der Waals surface area contributed by atoms with E-state index >= 15 is 0 Å². The average Bonchev–Trinajstić information content (AvgIpc) is 2.47. The molecule has 0 aliphatic rings. The molecular weight excluding hydrogens is 154 g/mol. The van der Waals surface area contributed by atoms with E-state index in [4.69, 9.17) is 5.26 Å². The molecule has 0 spiro atoms. The Morgan fingerprint density at radius 1 is 1.75 bits per heavy atom. The zero-order chi connectivity index (χ0) is 8.97. The van der Waals surface area contributed by atoms with Crippen LogP contribution in [0.3, 0.4) is 0 Å². The van der Waals surface area contributed by atoms with E-state index in [1.807, 2.05) is 13.0 Å². The van der Waals surface area contributed by atoms with Gasteiger partial charge < -0.3 is 10.3 Å². The number of aromatic nitrogens is 1. The summed E-state index contributed by atoms with van der Waals surface area (Å²) in [4.78, 5) is 14.0. The van der Waals surface area contributed by atoms with E-state index in [1.165, 1.54) is 0 Å². The highest BCUT2D eigenvalue weighted by molar-refractivity contribution is 5.95. The summed E-state index contributed by atoms with van der Waals surface area (Å²) in [6, 6.07) is 1.84. The smallest absolute Gasteiger partial charge is 0.253 e. The molecule has 0 bridgehead atoms. The topological polar surface area (TPSA) is 68.7 Å². The number of nitrogens with one attached hydrogen (secondary N) is 2. The number of nitriles is 1. The van der Waals surface area contributed by atoms with Crippen LogP contribution in [0, 0.1) is 18.3 Å². The maximum atomic E-state index is 11.2. The van der Waals surface area contributed by atoms with Crippen LogP contribution in [0.4, 0.5) is 0 Å². The minimum Gasteiger partial charge on any atom is -0.367 e. The van der Waals surface area contributed by atoms with Gasteiger partial charge in [-0.1, -0.05) is 0 Å². The van der Waals surface area contributed by atoms with Gasteiger partial charge in [0.2, 0.25) is 0 Å². The van der Waals surface area contributed by atoms with E-state index in [0.29, 0.717) is 5.56 Å². The molecule has 1 heterocycles. The third kappa shape index (κ3) is 1.64. The first-order chi connectivity index (χ1) is 5.75. The first kappa shape index (κ1) is 8.34. The number of H-pyrrole nitrogens is 1. The lowest BCUT2D eigenvalue weighted by Crippen LogP contribution is -2.23. The zero-order valence-electron chi connectivity index (χ0n) is 6.72. The predicted molar refractivity (Wildman–Crippen MR) is 43.5 cm³/mol. The van der Waals surface area contributed by atoms with Crippen molar-refractivity contribution in [2.75, 3.05) is 6.54 Å². The van der Waals surface area contributed by atoms with Gasteiger partial charge in [-0.25, -0.2) is 0 Å². The van der Waals surface area contributed by atoms with Crippen molar-refractivity contribution in [1.29, 1.82) is 5.26 Å². The molecule has 4 nitrogen and oxygen atoms in total. The van der Waals surface area contributed by atoms with E-state index in [2.05, 4.69) is 10.3 Å². The average molecular weight is 163 g/mol. The number of carbonyl (C=O) groups is 1. The lowest BCUT2D eigenvalue weighted by Gasteiger charge is -1.97. The molecule has 62 valence electrons. The maximum absolute atomic E-state index is 11.2. The minimum absolute atomic E-state index is 0.0451. The number of hydrogen-bond donors (Lipinski definition) is 2. The van der Waals surface area contributed by atoms with E-state index in [1.54, 1.807) is 12.4 Å². The first-order valence-electron chi connectivity index (χ1n) is 3.54. The molecule has 0 fully saturated rings. The number of carbonyl (C=O) groups excluding carboxylic acids is 1. The predicted octanol–water partition coefficient (Wildman–Crippen LogP) is 0.576. The monoisotopic (exact) mass is 163 g/mol. The van der Waals surface area contributed by atoms with E-state index in [9.17, 15) is 4.79 Å². The largest absolute Gasteiger partial charge is 0.367 e. The molecule has 1 aromatic rings. The lowest BCUT2D eigenvalue weighted by molar-refractivity contribution is 0.0958. The molecular formula is C8H9N3O. The second-order valence-electron chi connectivity index (χ2n) is 2.39. The van der Waals surface area contributed by atoms with E-state index in [-0.39, 0.29) is 12.5 Å². The van der Waals surface area contributed by atoms with Crippen molar-refractivity contribution < 1.29 is 4.79 Å². The van der Waals surface area contributed by atoms with Gasteiger partial charge in [-0.2, -0.15) is 5.26 Å². The van der Waals surface area contributed by atoms with Crippen LogP contribution in [0.25, 0.3) is 0 Å². The third-order valence-electron chi connectivity index (χ3n) is 1.52. The third-order valence-corrected chi connectivity index (χ3v) is 1.52. The fraction of sp³-hybridized carbons (Fsp3) is 0.250. The highest BCUT2D eigenvalue weighted by atomic mass is 16.1. The molecule has 0 aliphatic heterocycles. The molecule has 1 aromatic heterocycles. The van der Waals surface area contributed by atoms with E-state index < -0.39 is 0 Å². The number of nitrogens with zero attached hydrogens (tertiary/aromatic N) is 1. The van der Waals surface area contributed by atoms with Crippen molar-refractivity contribution in [3.63, 3.8) is 0 Å². The summed E-state index contributed by atoms with van der Waals surface area (Å²) in [5.74, 6) is -0.213. The molecule has 0 unspecified atom stereocenters. The molecule has 0 aromatic carbocycles. The summed E-state index contributed by atoms with van der Waals surface area (Å²) in [5.41, 5.74) is 1.47. The van der Waals surface area contributed by atoms with Crippen molar-refractivity contribution in [2.45, 2.75) is 6.92 Å². The fourth-order valence-electron chi connectivity index (χ4n) is 0.901. The van der Waals surface area contributed by atoms with Gasteiger partial charge >= 0.3 is 0 Å². The van der Waals surface area contributed by atoms with Crippen molar-refractivity contribution in [1.82, 2.24) is 10.3 Å². The van der Waals surface area contributed by atoms with Gasteiger partial charge in [0, 0.05) is 12.4 Å². The molecule has 4 heteroatoms. The quantitative estimate of drug-likeness (QED) is 0.626. The number of amides is 1. The minimum atomic E-state index is -0.213. The summed E-state index contributed by atoms with van der Waals surface area (Å²) in [7, 11) is 0. The Morgan fingerprint density at radius 3 is 3.00 bits per heavy atom. The van der Waals surface area contributed by atoms with E-state index in [0.717, 1.165) is 5.56 Å². The van der Waals surface area contributed by atoms with Gasteiger partial charge in [0.1, 0.15) is 6.54 Å². The lowest BCUT2D eigenvalue weighted by atomic mass is 10.2. The molecule has 0 aliphatic carbocycles. The Morgan fingerprint density at radius 2 is 2.50 bits per heavy atom. The van der Waals surface area contributed by atoms with Crippen molar-refractivity contribution in [2.24, 2.45) is 0 Å². The van der Waals surface area contributed by atoms with Crippen LogP contribution < -0.4 is 5.32 Å². The van der Waals surface area contributed by atoms with Crippen LogP contribution in [0.5, 0.6) is 0 Å². The Bertz CT molecular complexity index is 321. The fourth-order valence-corrected chi connectivity index (χ4v) is 0.901. The van der Waals surface area contributed by atoms with Gasteiger partial charge in [0.25, 0.3) is 5.91 Å². The highest BCUT2D eigenvalue weighted by Gasteiger charge is 2.07. The molecule has 0 atom stereocenters. The number of aromatic amines is 1. The van der Waals surface area contributed by atoms with Crippen LogP contribution in [0.1, 0.15) is 15.9 Å². The Kier molecular flexibility index (Phi) is 2.49. The Balaban J connectivity index is 2.67. The van der Waals surface area contributed by atoms with Gasteiger partial charge in [-0.05, 0) is 12.5 Å². The highest BCUT2D eigenvalue weighted by Crippen LogP contribution is 2.04. The second-order valence-corrected chi connectivity index (χ2v) is 2.39. The molecule has 0 radical (unpaired) electrons. The number of rotatable bonds is 2. The van der Waals surface area contributed by atoms with Gasteiger partial charge in [-0.15, -0.1) is 0 Å². The van der Waals surface area contributed by atoms with Crippen molar-refractivity contribution >= 4 is 5.91 Å². The van der Waals surface area contributed by atoms with Crippen LogP contribution in [-0.4, -0.2) is 17.4 Å². The van der Waals surface area contributed by atoms with Crippen LogP contribution >= 0.6 is 0 Å². The van der Waals surface area contributed by atoms with Crippen LogP contribution in [0.2, 0.25) is 0 Å². The van der Waals surface area contributed by atoms with Crippen molar-refractivity contribution in [3.8, 4) is 6.07 Å². The number of aryl methyl sites for hydroxylation is 1. The summed E-state index contributed by atoms with van der Waals surface area (Å²) >= 11 is 0. The standard InChI is InChI=1S/C8H9N3O/c1-6-4-10-5-7(6)8(12)11-3-2-9/h4-5,10H,3H2,1H3,(H,11,12). The van der Waals surface area contributed by atoms with Gasteiger partial charge in [0.15, 0.2) is 0 Å². The second kappa shape index (κ2) is 3.58. The Labute approximate surface area is 70.2 Å². The Hall–Kier alpha value is -1.76. The summed E-state index contributed by atoms with van der Waals surface area (Å²) < 4.78 is 0. The molecule has 1 rings (SSSR count). The van der Waals surface area contributed by atoms with Gasteiger partial charge in [-0.3, -0.25) is 4.79 Å². The summed E-state index contributed by atoms with van der Waals surface area (Å²) in [5, 5.41) is 10.7. The molecule has 0 saturated heterocycles. The van der Waals surface area contributed by atoms with Crippen LogP contribution in [-0.2, 0) is 0 Å². The molecule has 12 heavy (non-hydrogen) atoms. The zero-order valence-corrected chi connectivity index (χ0v) is 6.72. The first-order valence-corrected chi connectivity index (χ1v) is 3.54. The SMILES string of the molecule is Cc1c[nH]cc1C(=O)NCC#N. The molecule has 0 saturated carbocycles. The number of hydrogen-bond acceptors (Lipinski definition) is 2. The summed E-state index contributed by atoms with van der Waals surface area (Å²) in [6.45, 7) is 1.88. The van der Waals surface area contributed by atoms with Crippen molar-refractivity contribution in [3.05, 3.63) is 23.5 Å². The summed E-state index contributed by atoms with van der Waals surface area (Å²) in [6.07, 6.45) is 3.35. The van der Waals surface area contributed by atoms with Crippen LogP contribution in [0.15, 0.2) is 12.4 Å². The molecule has 2 N–H and O–H groups in total. The molecule has 1 amide bonds. The maximum Gasteiger partial charge on any atom is 0.253 e. The van der Waals surface area contributed by atoms with Gasteiger partial charge in [0.05, 0.1) is 11.6 Å².